The quantitative estimate of drug-likeness (QED) is 0.590. The Bertz CT molecular complexity index is 950. The van der Waals surface area contributed by atoms with Crippen molar-refractivity contribution in [3.05, 3.63) is 45.8 Å². The molecule has 156 valence electrons. The minimum absolute atomic E-state index is 0.124. The van der Waals surface area contributed by atoms with E-state index in [2.05, 4.69) is 15.7 Å². The summed E-state index contributed by atoms with van der Waals surface area (Å²) in [4.78, 5) is 12.6. The SMILES string of the molecule is CC(C)c1cc(C#N)cc(C(C)C)c1NC(=O)N=S(N)c1cc(C(C)(C)O)cs1. The molecule has 29 heavy (non-hydrogen) atoms. The number of benzene rings is 1. The normalized spacial score (nSPS) is 13.0. The van der Waals surface area contributed by atoms with Gasteiger partial charge in [0, 0.05) is 16.6 Å². The largest absolute Gasteiger partial charge is 0.386 e. The molecule has 1 aromatic heterocycles. The Hall–Kier alpha value is -2.05. The summed E-state index contributed by atoms with van der Waals surface area (Å²) in [5.41, 5.74) is 2.84. The van der Waals surface area contributed by atoms with Gasteiger partial charge in [-0.15, -0.1) is 11.3 Å². The van der Waals surface area contributed by atoms with E-state index in [1.165, 1.54) is 11.3 Å². The zero-order chi connectivity index (χ0) is 21.9. The highest BCUT2D eigenvalue weighted by atomic mass is 32.2. The van der Waals surface area contributed by atoms with Crippen molar-refractivity contribution in [3.8, 4) is 6.07 Å². The van der Waals surface area contributed by atoms with Gasteiger partial charge in [0.25, 0.3) is 0 Å². The van der Waals surface area contributed by atoms with Crippen molar-refractivity contribution in [2.45, 2.75) is 63.2 Å². The fraction of sp³-hybridized carbons (Fsp3) is 0.429. The van der Waals surface area contributed by atoms with E-state index in [1.54, 1.807) is 19.9 Å². The molecule has 0 aliphatic carbocycles. The number of urea groups is 1. The molecule has 1 heterocycles. The van der Waals surface area contributed by atoms with Gasteiger partial charge in [-0.25, -0.2) is 4.79 Å². The molecule has 0 radical (unpaired) electrons. The minimum atomic E-state index is -1.12. The van der Waals surface area contributed by atoms with E-state index < -0.39 is 22.5 Å². The lowest BCUT2D eigenvalue weighted by Gasteiger charge is -2.20. The van der Waals surface area contributed by atoms with Gasteiger partial charge in [-0.05, 0) is 66.0 Å². The highest BCUT2D eigenvalue weighted by Crippen LogP contribution is 2.34. The third kappa shape index (κ3) is 5.73. The average Bonchev–Trinajstić information content (AvgIpc) is 3.11. The number of amides is 2. The summed E-state index contributed by atoms with van der Waals surface area (Å²) in [6.45, 7) is 11.5. The topological polar surface area (TPSA) is 112 Å². The Morgan fingerprint density at radius 3 is 2.21 bits per heavy atom. The molecule has 2 amide bonds. The van der Waals surface area contributed by atoms with E-state index in [9.17, 15) is 15.2 Å². The van der Waals surface area contributed by atoms with E-state index in [4.69, 9.17) is 5.14 Å². The number of hydrogen-bond donors (Lipinski definition) is 3. The standard InChI is InChI=1S/C21H28N4O2S2/c1-12(2)16-7-14(10-22)8-17(13(3)4)19(16)24-20(26)25-29(23)18-9-15(11-28-18)21(5,6)27/h7-9,11-13,27H,1-6H3,(H3,23,24,25,26). The second-order valence-corrected chi connectivity index (χ2v) is 10.4. The molecule has 0 saturated heterocycles. The van der Waals surface area contributed by atoms with Crippen molar-refractivity contribution in [2.24, 2.45) is 9.50 Å². The zero-order valence-electron chi connectivity index (χ0n) is 17.6. The van der Waals surface area contributed by atoms with Gasteiger partial charge < -0.3 is 10.4 Å². The number of carbonyl (C=O) groups excluding carboxylic acids is 1. The summed E-state index contributed by atoms with van der Waals surface area (Å²) in [6.07, 6.45) is 0. The van der Waals surface area contributed by atoms with E-state index in [0.29, 0.717) is 11.3 Å². The first-order valence-corrected chi connectivity index (χ1v) is 11.5. The van der Waals surface area contributed by atoms with E-state index in [1.807, 2.05) is 45.2 Å². The highest BCUT2D eigenvalue weighted by molar-refractivity contribution is 7.87. The molecule has 0 spiro atoms. The lowest BCUT2D eigenvalue weighted by Crippen LogP contribution is -2.16. The summed E-state index contributed by atoms with van der Waals surface area (Å²) in [5, 5.41) is 30.3. The van der Waals surface area contributed by atoms with Gasteiger partial charge in [-0.1, -0.05) is 27.7 Å². The Morgan fingerprint density at radius 2 is 1.79 bits per heavy atom. The third-order valence-corrected chi connectivity index (χ3v) is 6.89. The van der Waals surface area contributed by atoms with Gasteiger partial charge in [0.05, 0.1) is 21.4 Å². The molecule has 2 aromatic rings. The summed E-state index contributed by atoms with van der Waals surface area (Å²) < 4.78 is 4.83. The second-order valence-electron chi connectivity index (χ2n) is 8.00. The summed E-state index contributed by atoms with van der Waals surface area (Å²) in [5.74, 6) is 0.248. The van der Waals surface area contributed by atoms with Crippen LogP contribution in [0.4, 0.5) is 10.5 Å². The van der Waals surface area contributed by atoms with E-state index >= 15 is 0 Å². The van der Waals surface area contributed by atoms with Gasteiger partial charge >= 0.3 is 6.03 Å². The third-order valence-electron chi connectivity index (χ3n) is 4.47. The van der Waals surface area contributed by atoms with Crippen molar-refractivity contribution in [1.82, 2.24) is 0 Å². The van der Waals surface area contributed by atoms with Gasteiger partial charge in [0.1, 0.15) is 0 Å². The van der Waals surface area contributed by atoms with Crippen LogP contribution in [0.1, 0.15) is 75.6 Å². The number of anilines is 1. The smallest absolute Gasteiger partial charge is 0.352 e. The van der Waals surface area contributed by atoms with E-state index in [0.717, 1.165) is 20.9 Å². The number of rotatable bonds is 5. The van der Waals surface area contributed by atoms with Crippen molar-refractivity contribution in [2.75, 3.05) is 5.32 Å². The Labute approximate surface area is 179 Å². The van der Waals surface area contributed by atoms with Gasteiger partial charge in [-0.2, -0.15) is 9.62 Å². The molecule has 6 nitrogen and oxygen atoms in total. The van der Waals surface area contributed by atoms with Crippen LogP contribution >= 0.6 is 11.3 Å². The summed E-state index contributed by atoms with van der Waals surface area (Å²) in [7, 11) is -1.12. The molecule has 0 saturated carbocycles. The molecule has 8 heteroatoms. The number of nitrogens with zero attached hydrogens (tertiary/aromatic N) is 2. The first-order valence-electron chi connectivity index (χ1n) is 9.34. The van der Waals surface area contributed by atoms with Crippen LogP contribution in [0.5, 0.6) is 0 Å². The summed E-state index contributed by atoms with van der Waals surface area (Å²) in [6, 6.07) is 7.07. The number of thiophene rings is 1. The Kier molecular flexibility index (Phi) is 7.35. The van der Waals surface area contributed by atoms with Gasteiger partial charge in [0.2, 0.25) is 0 Å². The molecule has 2 rings (SSSR count). The van der Waals surface area contributed by atoms with Crippen LogP contribution in [0.2, 0.25) is 0 Å². The molecule has 0 fully saturated rings. The maximum atomic E-state index is 12.6. The van der Waals surface area contributed by atoms with Crippen LogP contribution in [0, 0.1) is 11.3 Å². The fourth-order valence-corrected chi connectivity index (χ4v) is 4.83. The molecule has 0 bridgehead atoms. The molecule has 1 unspecified atom stereocenters. The minimum Gasteiger partial charge on any atom is -0.386 e. The molecule has 1 aromatic carbocycles. The fourth-order valence-electron chi connectivity index (χ4n) is 2.82. The Morgan fingerprint density at radius 1 is 1.24 bits per heavy atom. The molecule has 1 atom stereocenters. The van der Waals surface area contributed by atoms with Crippen molar-refractivity contribution < 1.29 is 9.90 Å². The molecular weight excluding hydrogens is 404 g/mol. The van der Waals surface area contributed by atoms with Crippen molar-refractivity contribution in [1.29, 1.82) is 5.26 Å². The van der Waals surface area contributed by atoms with Crippen LogP contribution in [-0.2, 0) is 16.5 Å². The number of carbonyl (C=O) groups is 1. The van der Waals surface area contributed by atoms with E-state index in [-0.39, 0.29) is 11.8 Å². The van der Waals surface area contributed by atoms with Gasteiger partial charge in [0.15, 0.2) is 0 Å². The molecule has 0 aliphatic rings. The first kappa shape index (κ1) is 23.2. The number of nitrogens with one attached hydrogen (secondary N) is 1. The van der Waals surface area contributed by atoms with Gasteiger partial charge in [-0.3, -0.25) is 5.14 Å². The molecule has 4 N–H and O–H groups in total. The first-order chi connectivity index (χ1) is 13.4. The predicted molar refractivity (Wildman–Crippen MR) is 120 cm³/mol. The van der Waals surface area contributed by atoms with Crippen molar-refractivity contribution >= 4 is 33.9 Å². The van der Waals surface area contributed by atoms with Crippen LogP contribution in [0.15, 0.2) is 32.2 Å². The monoisotopic (exact) mass is 432 g/mol. The maximum Gasteiger partial charge on any atom is 0.352 e. The van der Waals surface area contributed by atoms with Crippen LogP contribution < -0.4 is 10.5 Å². The van der Waals surface area contributed by atoms with Crippen LogP contribution in [0.3, 0.4) is 0 Å². The lowest BCUT2D eigenvalue weighted by molar-refractivity contribution is 0.0789. The predicted octanol–water partition coefficient (Wildman–Crippen LogP) is 5.36. The number of nitriles is 1. The number of nitrogens with two attached hydrogens (primary N) is 1. The van der Waals surface area contributed by atoms with Crippen LogP contribution in [-0.4, -0.2) is 11.1 Å². The second kappa shape index (κ2) is 9.18. The number of hydrogen-bond acceptors (Lipinski definition) is 4. The van der Waals surface area contributed by atoms with Crippen LogP contribution in [0.25, 0.3) is 0 Å². The Balaban J connectivity index is 2.38. The summed E-state index contributed by atoms with van der Waals surface area (Å²) >= 11 is 1.37. The molecular formula is C21H28N4O2S2. The average molecular weight is 433 g/mol. The van der Waals surface area contributed by atoms with Crippen molar-refractivity contribution in [3.63, 3.8) is 0 Å². The lowest BCUT2D eigenvalue weighted by atomic mass is 9.90. The number of aliphatic hydroxyl groups is 1. The molecule has 0 aliphatic heterocycles. The highest BCUT2D eigenvalue weighted by Gasteiger charge is 2.20. The maximum absolute atomic E-state index is 12.6. The zero-order valence-corrected chi connectivity index (χ0v) is 19.2.